The second-order valence-electron chi connectivity index (χ2n) is 6.65. The van der Waals surface area contributed by atoms with Gasteiger partial charge in [0, 0.05) is 39.0 Å². The van der Waals surface area contributed by atoms with Crippen molar-refractivity contribution in [1.82, 2.24) is 20.0 Å². The molecule has 2 aromatic heterocycles. The maximum absolute atomic E-state index is 12.1. The molecule has 8 heteroatoms. The summed E-state index contributed by atoms with van der Waals surface area (Å²) >= 11 is 7.27. The normalized spacial score (nSPS) is 11.2. The number of thioether (sulfide) groups is 1. The van der Waals surface area contributed by atoms with Crippen LogP contribution < -0.4 is 5.43 Å². The van der Waals surface area contributed by atoms with Gasteiger partial charge in [0.1, 0.15) is 0 Å². The van der Waals surface area contributed by atoms with E-state index in [1.807, 2.05) is 64.1 Å². The zero-order valence-corrected chi connectivity index (χ0v) is 18.3. The SMILES string of the molecule is Cc1cc(C)nc(SCC(=O)N/N=C/c2cc(C)n(-c3ccc(Cl)cc3)c2C)n1. The highest BCUT2D eigenvalue weighted by molar-refractivity contribution is 7.99. The molecule has 0 spiro atoms. The van der Waals surface area contributed by atoms with Crippen LogP contribution in [0.15, 0.2) is 46.7 Å². The van der Waals surface area contributed by atoms with Gasteiger partial charge in [-0.15, -0.1) is 0 Å². The van der Waals surface area contributed by atoms with Crippen LogP contribution in [-0.4, -0.2) is 32.4 Å². The summed E-state index contributed by atoms with van der Waals surface area (Å²) in [5.74, 6) is -0.00941. The first kappa shape index (κ1) is 21.1. The van der Waals surface area contributed by atoms with E-state index in [1.165, 1.54) is 11.8 Å². The molecule has 3 rings (SSSR count). The molecule has 0 unspecified atom stereocenters. The van der Waals surface area contributed by atoms with E-state index in [9.17, 15) is 4.79 Å². The molecule has 0 aliphatic heterocycles. The highest BCUT2D eigenvalue weighted by Gasteiger charge is 2.10. The minimum absolute atomic E-state index is 0.198. The first-order valence-corrected chi connectivity index (χ1v) is 10.4. The summed E-state index contributed by atoms with van der Waals surface area (Å²) in [5.41, 5.74) is 8.39. The molecule has 0 aliphatic carbocycles. The molecule has 150 valence electrons. The number of hydrazone groups is 1. The monoisotopic (exact) mass is 427 g/mol. The first-order valence-electron chi connectivity index (χ1n) is 9.05. The summed E-state index contributed by atoms with van der Waals surface area (Å²) in [6.45, 7) is 7.85. The number of nitrogens with zero attached hydrogens (tertiary/aromatic N) is 4. The van der Waals surface area contributed by atoms with Crippen molar-refractivity contribution in [3.05, 3.63) is 69.8 Å². The van der Waals surface area contributed by atoms with Crippen LogP contribution in [0.25, 0.3) is 5.69 Å². The molecule has 6 nitrogen and oxygen atoms in total. The van der Waals surface area contributed by atoms with Gasteiger partial charge in [-0.2, -0.15) is 5.10 Å². The van der Waals surface area contributed by atoms with Crippen LogP contribution in [0.1, 0.15) is 28.3 Å². The number of rotatable bonds is 6. The Balaban J connectivity index is 1.62. The van der Waals surface area contributed by atoms with Crippen LogP contribution in [0.3, 0.4) is 0 Å². The predicted octanol–water partition coefficient (Wildman–Crippen LogP) is 4.40. The lowest BCUT2D eigenvalue weighted by atomic mass is 10.2. The number of halogens is 1. The number of hydrogen-bond donors (Lipinski definition) is 1. The van der Waals surface area contributed by atoms with Crippen molar-refractivity contribution in [2.24, 2.45) is 5.10 Å². The molecule has 0 fully saturated rings. The number of carbonyl (C=O) groups is 1. The molecule has 0 saturated heterocycles. The minimum atomic E-state index is -0.208. The number of hydrogen-bond acceptors (Lipinski definition) is 5. The third-order valence-corrected chi connectivity index (χ3v) is 5.34. The molecular formula is C21H22ClN5OS. The van der Waals surface area contributed by atoms with Gasteiger partial charge in [0.25, 0.3) is 5.91 Å². The van der Waals surface area contributed by atoms with Crippen molar-refractivity contribution in [2.45, 2.75) is 32.9 Å². The number of aromatic nitrogens is 3. The Kier molecular flexibility index (Phi) is 6.71. The van der Waals surface area contributed by atoms with Crippen molar-refractivity contribution >= 4 is 35.5 Å². The summed E-state index contributed by atoms with van der Waals surface area (Å²) in [6, 6.07) is 11.6. The van der Waals surface area contributed by atoms with Gasteiger partial charge in [0.15, 0.2) is 5.16 Å². The average Bonchev–Trinajstić information content (AvgIpc) is 2.94. The van der Waals surface area contributed by atoms with Gasteiger partial charge < -0.3 is 4.57 Å². The quantitative estimate of drug-likeness (QED) is 0.274. The van der Waals surface area contributed by atoms with Crippen LogP contribution in [-0.2, 0) is 4.79 Å². The Bertz CT molecular complexity index is 1040. The molecule has 0 radical (unpaired) electrons. The van der Waals surface area contributed by atoms with Gasteiger partial charge >= 0.3 is 0 Å². The van der Waals surface area contributed by atoms with E-state index in [-0.39, 0.29) is 11.7 Å². The second kappa shape index (κ2) is 9.24. The fraction of sp³-hybridized carbons (Fsp3) is 0.238. The number of nitrogens with one attached hydrogen (secondary N) is 1. The van der Waals surface area contributed by atoms with Crippen molar-refractivity contribution in [2.75, 3.05) is 5.75 Å². The van der Waals surface area contributed by atoms with Gasteiger partial charge in [0.05, 0.1) is 12.0 Å². The zero-order valence-electron chi connectivity index (χ0n) is 16.7. The van der Waals surface area contributed by atoms with E-state index in [0.29, 0.717) is 10.2 Å². The minimum Gasteiger partial charge on any atom is -0.318 e. The molecule has 0 bridgehead atoms. The standard InChI is InChI=1S/C21H22ClN5OS/c1-13-9-14(2)25-21(24-13)29-12-20(28)26-23-11-17-10-15(3)27(16(17)4)19-7-5-18(22)6-8-19/h5-11H,12H2,1-4H3,(H,26,28)/b23-11+. The van der Waals surface area contributed by atoms with Gasteiger partial charge in [-0.3, -0.25) is 4.79 Å². The lowest BCUT2D eigenvalue weighted by Gasteiger charge is -2.09. The van der Waals surface area contributed by atoms with Crippen molar-refractivity contribution in [3.63, 3.8) is 0 Å². The van der Waals surface area contributed by atoms with Crippen molar-refractivity contribution < 1.29 is 4.79 Å². The lowest BCUT2D eigenvalue weighted by Crippen LogP contribution is -2.19. The number of aryl methyl sites for hydroxylation is 3. The maximum Gasteiger partial charge on any atom is 0.250 e. The van der Waals surface area contributed by atoms with Crippen LogP contribution in [0, 0.1) is 27.7 Å². The van der Waals surface area contributed by atoms with E-state index in [1.54, 1.807) is 6.21 Å². The molecule has 3 aromatic rings. The number of amides is 1. The number of benzene rings is 1. The number of carbonyl (C=O) groups excluding carboxylic acids is 1. The van der Waals surface area contributed by atoms with Gasteiger partial charge in [-0.1, -0.05) is 23.4 Å². The highest BCUT2D eigenvalue weighted by atomic mass is 35.5. The van der Waals surface area contributed by atoms with E-state index < -0.39 is 0 Å². The first-order chi connectivity index (χ1) is 13.8. The Labute approximate surface area is 179 Å². The van der Waals surface area contributed by atoms with Gasteiger partial charge in [-0.05, 0) is 64.1 Å². The van der Waals surface area contributed by atoms with E-state index in [4.69, 9.17) is 11.6 Å². The molecule has 1 aromatic carbocycles. The van der Waals surface area contributed by atoms with Crippen LogP contribution in [0.5, 0.6) is 0 Å². The summed E-state index contributed by atoms with van der Waals surface area (Å²) < 4.78 is 2.12. The van der Waals surface area contributed by atoms with E-state index >= 15 is 0 Å². The summed E-state index contributed by atoms with van der Waals surface area (Å²) in [6.07, 6.45) is 1.66. The average molecular weight is 428 g/mol. The van der Waals surface area contributed by atoms with Crippen LogP contribution in [0.4, 0.5) is 0 Å². The van der Waals surface area contributed by atoms with Crippen molar-refractivity contribution in [3.8, 4) is 5.69 Å². The Morgan fingerprint density at radius 2 is 1.79 bits per heavy atom. The maximum atomic E-state index is 12.1. The highest BCUT2D eigenvalue weighted by Crippen LogP contribution is 2.21. The predicted molar refractivity (Wildman–Crippen MR) is 118 cm³/mol. The summed E-state index contributed by atoms with van der Waals surface area (Å²) in [4.78, 5) is 20.7. The fourth-order valence-electron chi connectivity index (χ4n) is 3.00. The zero-order chi connectivity index (χ0) is 21.0. The third kappa shape index (κ3) is 5.46. The second-order valence-corrected chi connectivity index (χ2v) is 8.03. The third-order valence-electron chi connectivity index (χ3n) is 4.24. The summed E-state index contributed by atoms with van der Waals surface area (Å²) in [7, 11) is 0. The topological polar surface area (TPSA) is 72.2 Å². The lowest BCUT2D eigenvalue weighted by molar-refractivity contribution is -0.118. The Morgan fingerprint density at radius 3 is 2.45 bits per heavy atom. The van der Waals surface area contributed by atoms with E-state index in [2.05, 4.69) is 25.1 Å². The molecule has 1 amide bonds. The molecule has 29 heavy (non-hydrogen) atoms. The molecular weight excluding hydrogens is 406 g/mol. The van der Waals surface area contributed by atoms with Crippen LogP contribution in [0.2, 0.25) is 5.02 Å². The fourth-order valence-corrected chi connectivity index (χ4v) is 3.87. The summed E-state index contributed by atoms with van der Waals surface area (Å²) in [5, 5.41) is 5.39. The van der Waals surface area contributed by atoms with Gasteiger partial charge in [0.2, 0.25) is 0 Å². The van der Waals surface area contributed by atoms with Gasteiger partial charge in [-0.25, -0.2) is 15.4 Å². The Hall–Kier alpha value is -2.64. The molecule has 1 N–H and O–H groups in total. The van der Waals surface area contributed by atoms with Crippen molar-refractivity contribution in [1.29, 1.82) is 0 Å². The Morgan fingerprint density at radius 1 is 1.14 bits per heavy atom. The van der Waals surface area contributed by atoms with E-state index in [0.717, 1.165) is 34.0 Å². The smallest absolute Gasteiger partial charge is 0.250 e. The largest absolute Gasteiger partial charge is 0.318 e. The molecule has 2 heterocycles. The molecule has 0 atom stereocenters. The molecule has 0 saturated carbocycles. The molecule has 0 aliphatic rings. The van der Waals surface area contributed by atoms with Crippen LogP contribution >= 0.6 is 23.4 Å².